The summed E-state index contributed by atoms with van der Waals surface area (Å²) >= 11 is 3.08. The first-order valence-corrected chi connectivity index (χ1v) is 4.95. The molecule has 1 aromatic rings. The number of alkyl halides is 1. The maximum absolute atomic E-state index is 13.1. The van der Waals surface area contributed by atoms with Gasteiger partial charge in [-0.15, -0.1) is 0 Å². The largest absolute Gasteiger partial charge is 0.396 e. The summed E-state index contributed by atoms with van der Waals surface area (Å²) in [5.41, 5.74) is 0.923. The summed E-state index contributed by atoms with van der Waals surface area (Å²) in [5, 5.41) is 8.92. The van der Waals surface area contributed by atoms with E-state index in [2.05, 4.69) is 15.9 Å². The number of benzene rings is 1. The van der Waals surface area contributed by atoms with Gasteiger partial charge in [0.05, 0.1) is 0 Å². The Bertz CT molecular complexity index is 302. The summed E-state index contributed by atoms with van der Waals surface area (Å²) in [6.45, 7) is -0.0644. The van der Waals surface area contributed by atoms with E-state index >= 15 is 0 Å². The van der Waals surface area contributed by atoms with Crippen molar-refractivity contribution in [1.82, 2.24) is 0 Å². The van der Waals surface area contributed by atoms with E-state index in [9.17, 15) is 8.78 Å². The number of rotatable bonds is 3. The number of hydrogen-bond donors (Lipinski definition) is 1. The third-order valence-electron chi connectivity index (χ3n) is 1.81. The van der Waals surface area contributed by atoms with Crippen LogP contribution in [0.1, 0.15) is 11.1 Å². The Morgan fingerprint density at radius 2 is 2.00 bits per heavy atom. The van der Waals surface area contributed by atoms with E-state index in [4.69, 9.17) is 5.11 Å². The molecule has 0 aliphatic rings. The molecule has 72 valence electrons. The molecule has 0 saturated carbocycles. The standard InChI is InChI=1S/C9H9BrF2O/c10-5-7-6(3-4-13)1-2-8(11)9(7)12/h1-2,13H,3-5H2. The molecule has 0 bridgehead atoms. The first-order chi connectivity index (χ1) is 6.20. The minimum Gasteiger partial charge on any atom is -0.396 e. The zero-order valence-corrected chi connectivity index (χ0v) is 8.44. The van der Waals surface area contributed by atoms with E-state index in [0.29, 0.717) is 12.0 Å². The zero-order valence-electron chi connectivity index (χ0n) is 6.86. The van der Waals surface area contributed by atoms with Gasteiger partial charge in [0.2, 0.25) is 0 Å². The van der Waals surface area contributed by atoms with Gasteiger partial charge < -0.3 is 5.11 Å². The minimum absolute atomic E-state index is 0.0644. The Morgan fingerprint density at radius 3 is 2.54 bits per heavy atom. The molecule has 1 rings (SSSR count). The Hall–Kier alpha value is -0.480. The maximum Gasteiger partial charge on any atom is 0.163 e. The molecular weight excluding hydrogens is 242 g/mol. The Kier molecular flexibility index (Phi) is 3.81. The van der Waals surface area contributed by atoms with Crippen LogP contribution in [0.15, 0.2) is 12.1 Å². The fourth-order valence-corrected chi connectivity index (χ4v) is 1.74. The van der Waals surface area contributed by atoms with Gasteiger partial charge in [-0.1, -0.05) is 22.0 Å². The molecule has 1 nitrogen and oxygen atoms in total. The van der Waals surface area contributed by atoms with Gasteiger partial charge in [-0.25, -0.2) is 8.78 Å². The molecule has 0 spiro atoms. The second kappa shape index (κ2) is 4.67. The van der Waals surface area contributed by atoms with E-state index < -0.39 is 11.6 Å². The van der Waals surface area contributed by atoms with Crippen molar-refractivity contribution < 1.29 is 13.9 Å². The predicted molar refractivity (Wildman–Crippen MR) is 49.8 cm³/mol. The molecule has 1 aromatic carbocycles. The quantitative estimate of drug-likeness (QED) is 0.818. The molecule has 0 unspecified atom stereocenters. The second-order valence-electron chi connectivity index (χ2n) is 2.61. The van der Waals surface area contributed by atoms with E-state index in [1.54, 1.807) is 0 Å². The van der Waals surface area contributed by atoms with Gasteiger partial charge in [0.1, 0.15) is 0 Å². The van der Waals surface area contributed by atoms with Crippen molar-refractivity contribution >= 4 is 15.9 Å². The molecule has 1 N–H and O–H groups in total. The highest BCUT2D eigenvalue weighted by atomic mass is 79.9. The lowest BCUT2D eigenvalue weighted by molar-refractivity contribution is 0.299. The van der Waals surface area contributed by atoms with Crippen LogP contribution in [-0.4, -0.2) is 11.7 Å². The van der Waals surface area contributed by atoms with Crippen molar-refractivity contribution in [3.8, 4) is 0 Å². The first-order valence-electron chi connectivity index (χ1n) is 3.83. The average Bonchev–Trinajstić information content (AvgIpc) is 2.12. The third-order valence-corrected chi connectivity index (χ3v) is 2.37. The smallest absolute Gasteiger partial charge is 0.163 e. The number of aliphatic hydroxyl groups excluding tert-OH is 1. The molecule has 0 atom stereocenters. The zero-order chi connectivity index (χ0) is 9.84. The predicted octanol–water partition coefficient (Wildman–Crippen LogP) is 2.39. The van der Waals surface area contributed by atoms with Crippen molar-refractivity contribution in [2.45, 2.75) is 11.8 Å². The van der Waals surface area contributed by atoms with E-state index in [0.717, 1.165) is 6.07 Å². The van der Waals surface area contributed by atoms with Crippen LogP contribution in [-0.2, 0) is 11.8 Å². The van der Waals surface area contributed by atoms with Gasteiger partial charge in [0, 0.05) is 17.5 Å². The van der Waals surface area contributed by atoms with Crippen LogP contribution in [0.25, 0.3) is 0 Å². The average molecular weight is 251 g/mol. The van der Waals surface area contributed by atoms with Crippen LogP contribution in [0.4, 0.5) is 8.78 Å². The van der Waals surface area contributed by atoms with E-state index in [1.165, 1.54) is 6.07 Å². The molecule has 0 aromatic heterocycles. The van der Waals surface area contributed by atoms with Crippen LogP contribution in [0, 0.1) is 11.6 Å². The van der Waals surface area contributed by atoms with Crippen molar-refractivity contribution in [2.75, 3.05) is 6.61 Å². The lowest BCUT2D eigenvalue weighted by Crippen LogP contribution is -2.01. The van der Waals surface area contributed by atoms with Crippen LogP contribution < -0.4 is 0 Å². The summed E-state index contributed by atoms with van der Waals surface area (Å²) in [7, 11) is 0. The molecule has 0 fully saturated rings. The molecule has 0 aliphatic heterocycles. The Labute approximate surface area is 83.5 Å². The summed E-state index contributed by atoms with van der Waals surface area (Å²) in [4.78, 5) is 0. The highest BCUT2D eigenvalue weighted by Gasteiger charge is 2.11. The lowest BCUT2D eigenvalue weighted by atomic mass is 10.1. The monoisotopic (exact) mass is 250 g/mol. The van der Waals surface area contributed by atoms with E-state index in [1.807, 2.05) is 0 Å². The molecular formula is C9H9BrF2O. The fraction of sp³-hybridized carbons (Fsp3) is 0.333. The molecule has 0 radical (unpaired) electrons. The van der Waals surface area contributed by atoms with Gasteiger partial charge in [-0.3, -0.25) is 0 Å². The van der Waals surface area contributed by atoms with Crippen LogP contribution in [0.5, 0.6) is 0 Å². The van der Waals surface area contributed by atoms with Crippen LogP contribution >= 0.6 is 15.9 Å². The Morgan fingerprint density at radius 1 is 1.31 bits per heavy atom. The van der Waals surface area contributed by atoms with Gasteiger partial charge in [-0.2, -0.15) is 0 Å². The summed E-state index contributed by atoms with van der Waals surface area (Å²) in [6.07, 6.45) is 0.345. The van der Waals surface area contributed by atoms with Crippen LogP contribution in [0.3, 0.4) is 0 Å². The normalized spacial score (nSPS) is 10.5. The van der Waals surface area contributed by atoms with Gasteiger partial charge >= 0.3 is 0 Å². The van der Waals surface area contributed by atoms with Crippen molar-refractivity contribution in [2.24, 2.45) is 0 Å². The highest BCUT2D eigenvalue weighted by molar-refractivity contribution is 9.08. The lowest BCUT2D eigenvalue weighted by Gasteiger charge is -2.07. The number of hydrogen-bond acceptors (Lipinski definition) is 1. The van der Waals surface area contributed by atoms with Gasteiger partial charge in [0.25, 0.3) is 0 Å². The SMILES string of the molecule is OCCc1ccc(F)c(F)c1CBr. The summed E-state index contributed by atoms with van der Waals surface area (Å²) in [5.74, 6) is -1.68. The minimum atomic E-state index is -0.851. The molecule has 13 heavy (non-hydrogen) atoms. The third kappa shape index (κ3) is 2.25. The van der Waals surface area contributed by atoms with Crippen molar-refractivity contribution in [1.29, 1.82) is 0 Å². The van der Waals surface area contributed by atoms with Crippen molar-refractivity contribution in [3.63, 3.8) is 0 Å². The molecule has 0 heterocycles. The molecule has 0 saturated heterocycles. The first kappa shape index (κ1) is 10.6. The number of aliphatic hydroxyl groups is 1. The summed E-state index contributed by atoms with van der Waals surface area (Å²) in [6, 6.07) is 2.57. The highest BCUT2D eigenvalue weighted by Crippen LogP contribution is 2.19. The van der Waals surface area contributed by atoms with E-state index in [-0.39, 0.29) is 17.5 Å². The summed E-state index contributed by atoms with van der Waals surface area (Å²) < 4.78 is 25.8. The van der Waals surface area contributed by atoms with Gasteiger partial charge in [0.15, 0.2) is 11.6 Å². The fourth-order valence-electron chi connectivity index (χ4n) is 1.13. The second-order valence-corrected chi connectivity index (χ2v) is 3.17. The Balaban J connectivity index is 3.13. The number of halogens is 3. The van der Waals surface area contributed by atoms with Gasteiger partial charge in [-0.05, 0) is 18.1 Å². The molecule has 0 aliphatic carbocycles. The molecule has 4 heteroatoms. The maximum atomic E-state index is 13.1. The van der Waals surface area contributed by atoms with Crippen LogP contribution in [0.2, 0.25) is 0 Å². The van der Waals surface area contributed by atoms with Crippen molar-refractivity contribution in [3.05, 3.63) is 34.9 Å². The molecule has 0 amide bonds. The topological polar surface area (TPSA) is 20.2 Å².